The van der Waals surface area contributed by atoms with E-state index in [0.29, 0.717) is 32.7 Å². The van der Waals surface area contributed by atoms with Gasteiger partial charge in [0, 0.05) is 11.1 Å². The lowest BCUT2D eigenvalue weighted by molar-refractivity contribution is -0.896. The fraction of sp³-hybridized carbons (Fsp3) is 0.550. The summed E-state index contributed by atoms with van der Waals surface area (Å²) in [6, 6.07) is 4.64. The van der Waals surface area contributed by atoms with Crippen molar-refractivity contribution in [2.45, 2.75) is 33.2 Å². The average molecular weight is 391 g/mol. The maximum absolute atomic E-state index is 12.4. The molecule has 1 aliphatic heterocycles. The van der Waals surface area contributed by atoms with Crippen LogP contribution in [0.5, 0.6) is 5.75 Å². The van der Waals surface area contributed by atoms with Crippen LogP contribution in [0.1, 0.15) is 36.7 Å². The number of carbonyl (C=O) groups is 3. The van der Waals surface area contributed by atoms with Gasteiger partial charge in [0.25, 0.3) is 11.8 Å². The van der Waals surface area contributed by atoms with E-state index in [2.05, 4.69) is 5.32 Å². The molecule has 1 aromatic rings. The van der Waals surface area contributed by atoms with Crippen LogP contribution in [-0.2, 0) is 9.59 Å². The van der Waals surface area contributed by atoms with Gasteiger partial charge in [-0.25, -0.2) is 0 Å². The first kappa shape index (κ1) is 21.7. The van der Waals surface area contributed by atoms with Crippen LogP contribution in [-0.4, -0.2) is 67.6 Å². The molecule has 0 saturated carbocycles. The third-order valence-corrected chi connectivity index (χ3v) is 4.46. The Morgan fingerprint density at radius 2 is 1.86 bits per heavy atom. The Morgan fingerprint density at radius 1 is 1.21 bits per heavy atom. The van der Waals surface area contributed by atoms with E-state index in [9.17, 15) is 19.5 Å². The second-order valence-electron chi connectivity index (χ2n) is 8.18. The molecule has 0 unspecified atom stereocenters. The molecule has 0 aliphatic carbocycles. The summed E-state index contributed by atoms with van der Waals surface area (Å²) in [6.45, 7) is 10.2. The highest BCUT2D eigenvalue weighted by molar-refractivity contribution is 5.89. The van der Waals surface area contributed by atoms with Crippen molar-refractivity contribution in [3.8, 4) is 5.75 Å². The van der Waals surface area contributed by atoms with Crippen LogP contribution in [0.3, 0.4) is 0 Å². The molecule has 1 saturated heterocycles. The Hall–Kier alpha value is -2.61. The summed E-state index contributed by atoms with van der Waals surface area (Å²) < 4.78 is 5.46. The van der Waals surface area contributed by atoms with Crippen molar-refractivity contribution in [2.75, 3.05) is 39.3 Å². The topological polar surface area (TPSA) is 103 Å². The molecule has 0 bridgehead atoms. The number of ether oxygens (including phenoxy) is 1. The number of hydrogen-bond donors (Lipinski definition) is 2. The van der Waals surface area contributed by atoms with Gasteiger partial charge in [-0.05, 0) is 45.4 Å². The molecule has 0 radical (unpaired) electrons. The Bertz CT molecular complexity index is 734. The fourth-order valence-corrected chi connectivity index (χ4v) is 3.09. The zero-order valence-corrected chi connectivity index (χ0v) is 17.0. The number of amides is 2. The molecule has 1 aromatic carbocycles. The van der Waals surface area contributed by atoms with Gasteiger partial charge in [-0.1, -0.05) is 6.07 Å². The van der Waals surface area contributed by atoms with Gasteiger partial charge < -0.3 is 29.8 Å². The highest BCUT2D eigenvalue weighted by Crippen LogP contribution is 2.19. The van der Waals surface area contributed by atoms with Crippen molar-refractivity contribution in [3.05, 3.63) is 29.3 Å². The monoisotopic (exact) mass is 391 g/mol. The van der Waals surface area contributed by atoms with Gasteiger partial charge in [-0.15, -0.1) is 0 Å². The van der Waals surface area contributed by atoms with Crippen LogP contribution < -0.4 is 20.1 Å². The van der Waals surface area contributed by atoms with Gasteiger partial charge in [0.15, 0.2) is 13.2 Å². The van der Waals surface area contributed by atoms with E-state index in [4.69, 9.17) is 4.74 Å². The van der Waals surface area contributed by atoms with Crippen molar-refractivity contribution >= 4 is 17.8 Å². The zero-order chi connectivity index (χ0) is 20.9. The number of hydrogen-bond acceptors (Lipinski definition) is 5. The molecule has 2 rings (SSSR count). The van der Waals surface area contributed by atoms with Crippen LogP contribution in [0.4, 0.5) is 0 Å². The van der Waals surface area contributed by atoms with Gasteiger partial charge in [-0.2, -0.15) is 0 Å². The Morgan fingerprint density at radius 3 is 2.43 bits per heavy atom. The number of aryl methyl sites for hydroxylation is 1. The SMILES string of the molecule is Cc1ccc(C(=O)[O-])c(OCC(=O)N2CC[NH+](CC(=O)NC(C)(C)C)CC2)c1. The molecule has 0 aromatic heterocycles. The van der Waals surface area contributed by atoms with Crippen molar-refractivity contribution in [1.29, 1.82) is 0 Å². The standard InChI is InChI=1S/C20H29N3O5/c1-14-5-6-15(19(26)27)16(11-14)28-13-18(25)23-9-7-22(8-10-23)12-17(24)21-20(2,3)4/h5-6,11H,7-10,12-13H2,1-4H3,(H,21,24)(H,26,27). The van der Waals surface area contributed by atoms with E-state index in [0.717, 1.165) is 10.5 Å². The van der Waals surface area contributed by atoms with E-state index in [-0.39, 0.29) is 35.3 Å². The number of quaternary nitrogens is 1. The Labute approximate surface area is 165 Å². The molecule has 1 aliphatic rings. The Balaban J connectivity index is 1.82. The Kier molecular flexibility index (Phi) is 7.01. The predicted octanol–water partition coefficient (Wildman–Crippen LogP) is -1.62. The number of piperazine rings is 1. The smallest absolute Gasteiger partial charge is 0.275 e. The lowest BCUT2D eigenvalue weighted by Gasteiger charge is -2.32. The molecule has 1 heterocycles. The molecule has 2 N–H and O–H groups in total. The average Bonchev–Trinajstić information content (AvgIpc) is 2.58. The summed E-state index contributed by atoms with van der Waals surface area (Å²) >= 11 is 0. The highest BCUT2D eigenvalue weighted by Gasteiger charge is 2.26. The van der Waals surface area contributed by atoms with Crippen LogP contribution in [0.15, 0.2) is 18.2 Å². The number of rotatable bonds is 6. The van der Waals surface area contributed by atoms with E-state index in [1.807, 2.05) is 27.7 Å². The van der Waals surface area contributed by atoms with Crippen molar-refractivity contribution in [1.82, 2.24) is 10.2 Å². The number of carboxylic acids is 1. The van der Waals surface area contributed by atoms with E-state index in [1.54, 1.807) is 17.0 Å². The van der Waals surface area contributed by atoms with Gasteiger partial charge in [0.05, 0.1) is 32.1 Å². The molecule has 28 heavy (non-hydrogen) atoms. The number of carboxylic acid groups (broad SMARTS) is 1. The van der Waals surface area contributed by atoms with Crippen LogP contribution in [0.2, 0.25) is 0 Å². The maximum atomic E-state index is 12.4. The second-order valence-corrected chi connectivity index (χ2v) is 8.18. The highest BCUT2D eigenvalue weighted by atomic mass is 16.5. The lowest BCUT2D eigenvalue weighted by Crippen LogP contribution is -3.16. The summed E-state index contributed by atoms with van der Waals surface area (Å²) in [5.41, 5.74) is 0.502. The summed E-state index contributed by atoms with van der Waals surface area (Å²) in [5.74, 6) is -1.41. The first-order valence-corrected chi connectivity index (χ1v) is 9.42. The predicted molar refractivity (Wildman–Crippen MR) is 101 cm³/mol. The summed E-state index contributed by atoms with van der Waals surface area (Å²) in [4.78, 5) is 38.4. The summed E-state index contributed by atoms with van der Waals surface area (Å²) in [7, 11) is 0. The van der Waals surface area contributed by atoms with Crippen LogP contribution in [0.25, 0.3) is 0 Å². The van der Waals surface area contributed by atoms with Crippen molar-refractivity contribution in [2.24, 2.45) is 0 Å². The minimum absolute atomic E-state index is 0.000123. The molecule has 1 fully saturated rings. The molecule has 8 nitrogen and oxygen atoms in total. The van der Waals surface area contributed by atoms with Crippen LogP contribution >= 0.6 is 0 Å². The molecular formula is C20H29N3O5. The van der Waals surface area contributed by atoms with Gasteiger partial charge >= 0.3 is 0 Å². The quantitative estimate of drug-likeness (QED) is 0.607. The van der Waals surface area contributed by atoms with Gasteiger partial charge in [0.2, 0.25) is 0 Å². The number of nitrogens with zero attached hydrogens (tertiary/aromatic N) is 1. The van der Waals surface area contributed by atoms with E-state index >= 15 is 0 Å². The molecular weight excluding hydrogens is 362 g/mol. The first-order chi connectivity index (χ1) is 13.0. The molecule has 154 valence electrons. The van der Waals surface area contributed by atoms with E-state index in [1.165, 1.54) is 6.07 Å². The minimum Gasteiger partial charge on any atom is -0.545 e. The number of nitrogens with one attached hydrogen (secondary N) is 2. The second kappa shape index (κ2) is 9.05. The summed E-state index contributed by atoms with van der Waals surface area (Å²) in [5, 5.41) is 14.1. The molecule has 2 amide bonds. The molecule has 0 spiro atoms. The zero-order valence-electron chi connectivity index (χ0n) is 17.0. The molecule has 8 heteroatoms. The minimum atomic E-state index is -1.34. The first-order valence-electron chi connectivity index (χ1n) is 9.42. The largest absolute Gasteiger partial charge is 0.545 e. The fourth-order valence-electron chi connectivity index (χ4n) is 3.09. The third kappa shape index (κ3) is 6.53. The van der Waals surface area contributed by atoms with Crippen LogP contribution in [0, 0.1) is 6.92 Å². The summed E-state index contributed by atoms with van der Waals surface area (Å²) in [6.07, 6.45) is 0. The molecule has 0 atom stereocenters. The number of benzene rings is 1. The lowest BCUT2D eigenvalue weighted by atomic mass is 10.1. The van der Waals surface area contributed by atoms with Crippen molar-refractivity contribution < 1.29 is 29.1 Å². The van der Waals surface area contributed by atoms with Gasteiger partial charge in [0.1, 0.15) is 5.75 Å². The third-order valence-electron chi connectivity index (χ3n) is 4.46. The van der Waals surface area contributed by atoms with E-state index < -0.39 is 5.97 Å². The van der Waals surface area contributed by atoms with Crippen molar-refractivity contribution in [3.63, 3.8) is 0 Å². The maximum Gasteiger partial charge on any atom is 0.275 e. The number of aromatic carboxylic acids is 1. The van der Waals surface area contributed by atoms with Gasteiger partial charge in [-0.3, -0.25) is 9.59 Å². The normalized spacial score (nSPS) is 15.2. The number of carbonyl (C=O) groups excluding carboxylic acids is 3.